The Labute approximate surface area is 168 Å². The highest BCUT2D eigenvalue weighted by Gasteiger charge is 2.27. The normalized spacial score (nSPS) is 23.4. The first-order chi connectivity index (χ1) is 12.8. The molecular weight excluding hydrogens is 364 g/mol. The van der Waals surface area contributed by atoms with Crippen LogP contribution in [0.3, 0.4) is 0 Å². The van der Waals surface area contributed by atoms with Crippen LogP contribution in [0, 0.1) is 0 Å². The van der Waals surface area contributed by atoms with E-state index in [2.05, 4.69) is 0 Å². The Kier molecular flexibility index (Phi) is 9.01. The molecule has 164 valence electrons. The molecule has 0 unspecified atom stereocenters. The molecule has 0 aliphatic carbocycles. The smallest absolute Gasteiger partial charge is 0.410 e. The number of likely N-dealkylation sites (tertiary alicyclic amines) is 2. The predicted molar refractivity (Wildman–Crippen MR) is 106 cm³/mol. The van der Waals surface area contributed by atoms with Crippen molar-refractivity contribution in [2.24, 2.45) is 0 Å². The van der Waals surface area contributed by atoms with E-state index in [0.29, 0.717) is 26.2 Å². The molecule has 0 radical (unpaired) electrons. The molecule has 2 amide bonds. The van der Waals surface area contributed by atoms with Crippen LogP contribution in [-0.2, 0) is 9.47 Å². The predicted octanol–water partition coefficient (Wildman–Crippen LogP) is 2.76. The third kappa shape index (κ3) is 10.1. The molecule has 0 aromatic carbocycles. The average molecular weight is 403 g/mol. The topological polar surface area (TPSA) is 99.5 Å². The van der Waals surface area contributed by atoms with Crippen molar-refractivity contribution in [2.45, 2.75) is 90.6 Å². The summed E-state index contributed by atoms with van der Waals surface area (Å²) < 4.78 is 10.4. The fourth-order valence-electron chi connectivity index (χ4n) is 2.89. The number of hydrogen-bond acceptors (Lipinski definition) is 6. The van der Waals surface area contributed by atoms with Gasteiger partial charge in [0.2, 0.25) is 0 Å². The molecule has 2 rings (SSSR count). The van der Waals surface area contributed by atoms with Gasteiger partial charge in [-0.1, -0.05) is 0 Å². The van der Waals surface area contributed by atoms with Gasteiger partial charge in [0.25, 0.3) is 0 Å². The molecule has 2 atom stereocenters. The minimum atomic E-state index is -0.459. The van der Waals surface area contributed by atoms with Gasteiger partial charge in [-0.2, -0.15) is 0 Å². The van der Waals surface area contributed by atoms with E-state index in [1.165, 1.54) is 0 Å². The maximum absolute atomic E-state index is 11.6. The van der Waals surface area contributed by atoms with Gasteiger partial charge in [0.05, 0.1) is 12.2 Å². The lowest BCUT2D eigenvalue weighted by atomic mass is 10.1. The van der Waals surface area contributed by atoms with Crippen molar-refractivity contribution in [1.82, 2.24) is 9.80 Å². The number of nitrogens with zero attached hydrogens (tertiary/aromatic N) is 2. The molecule has 28 heavy (non-hydrogen) atoms. The van der Waals surface area contributed by atoms with Crippen molar-refractivity contribution in [3.63, 3.8) is 0 Å². The Bertz CT molecular complexity index is 466. The van der Waals surface area contributed by atoms with E-state index >= 15 is 0 Å². The standard InChI is InChI=1S/2C10H19NO3/c2*1-10(2,3)14-9(13)11-6-4-5-8(12)7-11/h2*8,12H,4-7H2,1-3H3/t2*8-/m00/s1. The van der Waals surface area contributed by atoms with Crippen LogP contribution in [-0.4, -0.2) is 81.8 Å². The maximum atomic E-state index is 11.6. The quantitative estimate of drug-likeness (QED) is 0.646. The Balaban J connectivity index is 0.000000280. The van der Waals surface area contributed by atoms with E-state index < -0.39 is 23.4 Å². The zero-order valence-electron chi connectivity index (χ0n) is 18.2. The van der Waals surface area contributed by atoms with Crippen molar-refractivity contribution >= 4 is 12.2 Å². The number of aliphatic hydroxyl groups excluding tert-OH is 2. The van der Waals surface area contributed by atoms with Gasteiger partial charge in [-0.3, -0.25) is 0 Å². The zero-order chi connectivity index (χ0) is 21.5. The highest BCUT2D eigenvalue weighted by atomic mass is 16.6. The number of amides is 2. The molecule has 2 fully saturated rings. The second-order valence-electron chi connectivity index (χ2n) is 9.44. The summed E-state index contributed by atoms with van der Waals surface area (Å²) in [6.07, 6.45) is 1.82. The fraction of sp³-hybridized carbons (Fsp3) is 0.900. The van der Waals surface area contributed by atoms with E-state index in [1.807, 2.05) is 41.5 Å². The molecule has 2 N–H and O–H groups in total. The number of carbonyl (C=O) groups excluding carboxylic acids is 2. The summed E-state index contributed by atoms with van der Waals surface area (Å²) >= 11 is 0. The van der Waals surface area contributed by atoms with Crippen LogP contribution in [0.25, 0.3) is 0 Å². The lowest BCUT2D eigenvalue weighted by Crippen LogP contribution is -2.44. The van der Waals surface area contributed by atoms with Gasteiger partial charge in [0.1, 0.15) is 11.2 Å². The lowest BCUT2D eigenvalue weighted by molar-refractivity contribution is 0.00343. The first-order valence-electron chi connectivity index (χ1n) is 10.1. The van der Waals surface area contributed by atoms with Gasteiger partial charge < -0.3 is 29.5 Å². The Morgan fingerprint density at radius 3 is 1.32 bits per heavy atom. The molecule has 0 saturated carbocycles. The van der Waals surface area contributed by atoms with E-state index in [9.17, 15) is 19.8 Å². The molecule has 2 heterocycles. The molecule has 2 aliphatic heterocycles. The summed E-state index contributed by atoms with van der Waals surface area (Å²) in [6.45, 7) is 13.2. The van der Waals surface area contributed by atoms with Gasteiger partial charge in [-0.25, -0.2) is 9.59 Å². The van der Waals surface area contributed by atoms with Gasteiger partial charge >= 0.3 is 12.2 Å². The van der Waals surface area contributed by atoms with Crippen molar-refractivity contribution in [3.8, 4) is 0 Å². The molecule has 2 aliphatic rings. The van der Waals surface area contributed by atoms with Crippen LogP contribution in [0.2, 0.25) is 0 Å². The van der Waals surface area contributed by atoms with Crippen LogP contribution in [0.5, 0.6) is 0 Å². The van der Waals surface area contributed by atoms with Crippen LogP contribution in [0.15, 0.2) is 0 Å². The van der Waals surface area contributed by atoms with Crippen LogP contribution >= 0.6 is 0 Å². The number of ether oxygens (including phenoxy) is 2. The summed E-state index contributed by atoms with van der Waals surface area (Å²) in [7, 11) is 0. The monoisotopic (exact) mass is 402 g/mol. The average Bonchev–Trinajstić information content (AvgIpc) is 2.52. The Morgan fingerprint density at radius 2 is 1.07 bits per heavy atom. The molecule has 8 heteroatoms. The van der Waals surface area contributed by atoms with E-state index in [1.54, 1.807) is 9.80 Å². The first-order valence-corrected chi connectivity index (χ1v) is 10.1. The Morgan fingerprint density at radius 1 is 0.750 bits per heavy atom. The van der Waals surface area contributed by atoms with Crippen LogP contribution in [0.4, 0.5) is 9.59 Å². The lowest BCUT2D eigenvalue weighted by Gasteiger charge is -2.32. The number of rotatable bonds is 0. The van der Waals surface area contributed by atoms with Gasteiger partial charge in [0, 0.05) is 26.2 Å². The number of aliphatic hydroxyl groups is 2. The molecule has 0 aromatic rings. The largest absolute Gasteiger partial charge is 0.444 e. The molecule has 2 saturated heterocycles. The minimum absolute atomic E-state index is 0.323. The van der Waals surface area contributed by atoms with Gasteiger partial charge in [0.15, 0.2) is 0 Å². The van der Waals surface area contributed by atoms with E-state index in [0.717, 1.165) is 25.7 Å². The van der Waals surface area contributed by atoms with Crippen molar-refractivity contribution in [3.05, 3.63) is 0 Å². The van der Waals surface area contributed by atoms with E-state index in [4.69, 9.17) is 9.47 Å². The summed E-state index contributed by atoms with van der Waals surface area (Å²) in [4.78, 5) is 26.2. The fourth-order valence-corrected chi connectivity index (χ4v) is 2.89. The molecular formula is C20H38N2O6. The van der Waals surface area contributed by atoms with Crippen molar-refractivity contribution in [1.29, 1.82) is 0 Å². The summed E-state index contributed by atoms with van der Waals surface area (Å²) in [5, 5.41) is 18.8. The number of carbonyl (C=O) groups is 2. The highest BCUT2D eigenvalue weighted by Crippen LogP contribution is 2.16. The molecule has 8 nitrogen and oxygen atoms in total. The first kappa shape index (κ1) is 24.5. The number of β-amino-alcohol motifs (C(OH)–C–C–N with tert-alkyl or cyclic N) is 2. The molecule has 0 aromatic heterocycles. The molecule has 0 bridgehead atoms. The Hall–Kier alpha value is -1.54. The summed E-state index contributed by atoms with van der Waals surface area (Å²) in [5.74, 6) is 0. The van der Waals surface area contributed by atoms with Crippen molar-refractivity contribution < 1.29 is 29.3 Å². The van der Waals surface area contributed by atoms with Crippen LogP contribution < -0.4 is 0 Å². The maximum Gasteiger partial charge on any atom is 0.410 e. The zero-order valence-corrected chi connectivity index (χ0v) is 18.2. The number of hydrogen-bond donors (Lipinski definition) is 2. The highest BCUT2D eigenvalue weighted by molar-refractivity contribution is 5.68. The van der Waals surface area contributed by atoms with E-state index in [-0.39, 0.29) is 12.2 Å². The van der Waals surface area contributed by atoms with Gasteiger partial charge in [-0.05, 0) is 67.2 Å². The van der Waals surface area contributed by atoms with Crippen LogP contribution in [0.1, 0.15) is 67.2 Å². The summed E-state index contributed by atoms with van der Waals surface area (Å²) in [6, 6.07) is 0. The minimum Gasteiger partial charge on any atom is -0.444 e. The third-order valence-corrected chi connectivity index (χ3v) is 4.10. The van der Waals surface area contributed by atoms with Crippen molar-refractivity contribution in [2.75, 3.05) is 26.2 Å². The van der Waals surface area contributed by atoms with Gasteiger partial charge in [-0.15, -0.1) is 0 Å². The second-order valence-corrected chi connectivity index (χ2v) is 9.44. The SMILES string of the molecule is CC(C)(C)OC(=O)N1CCC[C@H](O)C1.CC(C)(C)OC(=O)N1CCC[C@H](O)C1. The molecule has 0 spiro atoms. The third-order valence-electron chi connectivity index (χ3n) is 4.10. The second kappa shape index (κ2) is 10.3. The number of piperidine rings is 2. The summed E-state index contributed by atoms with van der Waals surface area (Å²) in [5.41, 5.74) is -0.918.